The number of benzene rings is 2. The van der Waals surface area contributed by atoms with Crippen LogP contribution in [0.25, 0.3) is 5.65 Å². The van der Waals surface area contributed by atoms with Crippen molar-refractivity contribution in [1.29, 1.82) is 0 Å². The summed E-state index contributed by atoms with van der Waals surface area (Å²) in [6.45, 7) is 1.90. The summed E-state index contributed by atoms with van der Waals surface area (Å²) in [5.41, 5.74) is 10.1. The van der Waals surface area contributed by atoms with E-state index in [1.165, 1.54) is 36.0 Å². The number of carbonyl (C=O) groups excluding carboxylic acids is 1. The molecule has 2 aromatic carbocycles. The minimum absolute atomic E-state index is 0.0967. The quantitative estimate of drug-likeness (QED) is 0.462. The van der Waals surface area contributed by atoms with Crippen LogP contribution in [-0.2, 0) is 11.2 Å². The Kier molecular flexibility index (Phi) is 5.62. The lowest BCUT2D eigenvalue weighted by atomic mass is 10.0. The number of anilines is 2. The molecule has 0 aliphatic heterocycles. The Bertz CT molecular complexity index is 1190. The molecule has 4 rings (SSSR count). The van der Waals surface area contributed by atoms with Crippen LogP contribution in [0.3, 0.4) is 0 Å². The third kappa shape index (κ3) is 4.25. The minimum Gasteiger partial charge on any atom is -0.369 e. The van der Waals surface area contributed by atoms with Gasteiger partial charge in [-0.3, -0.25) is 4.79 Å². The number of hydrogen-bond donors (Lipinski definition) is 2. The molecule has 7 nitrogen and oxygen atoms in total. The number of nitrogens with zero attached hydrogens (tertiary/aromatic N) is 4. The Morgan fingerprint density at radius 3 is 2.60 bits per heavy atom. The summed E-state index contributed by atoms with van der Waals surface area (Å²) in [4.78, 5) is 16.7. The van der Waals surface area contributed by atoms with Gasteiger partial charge in [0.05, 0.1) is 5.75 Å². The van der Waals surface area contributed by atoms with E-state index in [2.05, 4.69) is 20.5 Å². The summed E-state index contributed by atoms with van der Waals surface area (Å²) in [6, 6.07) is 15.6. The Balaban J connectivity index is 1.54. The molecule has 4 aromatic rings. The maximum absolute atomic E-state index is 13.0. The van der Waals surface area contributed by atoms with Crippen LogP contribution in [0.5, 0.6) is 0 Å². The van der Waals surface area contributed by atoms with Gasteiger partial charge in [-0.2, -0.15) is 0 Å². The fourth-order valence-electron chi connectivity index (χ4n) is 3.08. The monoisotopic (exact) mass is 422 g/mol. The number of thioether (sulfide) groups is 1. The van der Waals surface area contributed by atoms with Crippen molar-refractivity contribution in [2.45, 2.75) is 18.5 Å². The van der Waals surface area contributed by atoms with Gasteiger partial charge in [-0.15, -0.1) is 10.2 Å². The summed E-state index contributed by atoms with van der Waals surface area (Å²) in [6.07, 6.45) is 0.650. The molecule has 0 radical (unpaired) electrons. The maximum atomic E-state index is 13.0. The molecule has 0 unspecified atom stereocenters. The van der Waals surface area contributed by atoms with Crippen molar-refractivity contribution in [2.24, 2.45) is 0 Å². The van der Waals surface area contributed by atoms with Crippen LogP contribution in [-0.4, -0.2) is 31.2 Å². The van der Waals surface area contributed by atoms with Crippen LogP contribution in [0.2, 0.25) is 0 Å². The van der Waals surface area contributed by atoms with Crippen molar-refractivity contribution < 1.29 is 9.18 Å². The number of rotatable bonds is 6. The average molecular weight is 422 g/mol. The maximum Gasteiger partial charge on any atom is 0.234 e. The van der Waals surface area contributed by atoms with E-state index in [4.69, 9.17) is 5.73 Å². The van der Waals surface area contributed by atoms with Gasteiger partial charge in [-0.25, -0.2) is 13.8 Å². The molecule has 0 saturated heterocycles. The number of carbonyl (C=O) groups is 1. The molecular weight excluding hydrogens is 403 g/mol. The molecule has 0 bridgehead atoms. The highest BCUT2D eigenvalue weighted by Gasteiger charge is 2.18. The van der Waals surface area contributed by atoms with E-state index in [1.54, 1.807) is 4.40 Å². The number of amides is 1. The highest BCUT2D eigenvalue weighted by molar-refractivity contribution is 7.99. The minimum atomic E-state index is -0.359. The Morgan fingerprint density at radius 2 is 1.87 bits per heavy atom. The summed E-state index contributed by atoms with van der Waals surface area (Å²) in [7, 11) is 0. The van der Waals surface area contributed by atoms with Crippen LogP contribution < -0.4 is 11.1 Å². The lowest BCUT2D eigenvalue weighted by Gasteiger charge is -2.10. The van der Waals surface area contributed by atoms with Gasteiger partial charge in [0.1, 0.15) is 5.82 Å². The molecule has 2 aromatic heterocycles. The molecule has 0 spiro atoms. The lowest BCUT2D eigenvalue weighted by molar-refractivity contribution is -0.113. The highest BCUT2D eigenvalue weighted by atomic mass is 32.2. The van der Waals surface area contributed by atoms with Crippen LogP contribution in [0, 0.1) is 12.7 Å². The molecule has 9 heteroatoms. The smallest absolute Gasteiger partial charge is 0.234 e. The Morgan fingerprint density at radius 1 is 1.13 bits per heavy atom. The van der Waals surface area contributed by atoms with Crippen molar-refractivity contribution in [3.8, 4) is 0 Å². The first-order valence-corrected chi connectivity index (χ1v) is 10.2. The molecule has 3 N–H and O–H groups in total. The third-order valence-corrected chi connectivity index (χ3v) is 5.46. The Labute approximate surface area is 176 Å². The Hall–Kier alpha value is -3.46. The zero-order valence-corrected chi connectivity index (χ0v) is 17.0. The fourth-order valence-corrected chi connectivity index (χ4v) is 3.82. The molecule has 0 aliphatic carbocycles. The van der Waals surface area contributed by atoms with Gasteiger partial charge >= 0.3 is 0 Å². The zero-order valence-electron chi connectivity index (χ0n) is 16.2. The molecule has 152 valence electrons. The van der Waals surface area contributed by atoms with E-state index in [9.17, 15) is 9.18 Å². The number of hydrogen-bond acceptors (Lipinski definition) is 6. The predicted octanol–water partition coefficient (Wildman–Crippen LogP) is 3.48. The number of aromatic nitrogens is 4. The van der Waals surface area contributed by atoms with Crippen molar-refractivity contribution in [3.05, 3.63) is 77.2 Å². The first kappa shape index (κ1) is 19.8. The van der Waals surface area contributed by atoms with Gasteiger partial charge in [0.15, 0.2) is 10.8 Å². The largest absolute Gasteiger partial charge is 0.369 e. The van der Waals surface area contributed by atoms with Crippen molar-refractivity contribution in [2.75, 3.05) is 16.8 Å². The van der Waals surface area contributed by atoms with E-state index < -0.39 is 0 Å². The molecule has 30 heavy (non-hydrogen) atoms. The number of fused-ring (bicyclic) bond motifs is 1. The van der Waals surface area contributed by atoms with E-state index in [-0.39, 0.29) is 23.4 Å². The lowest BCUT2D eigenvalue weighted by Crippen LogP contribution is -2.14. The van der Waals surface area contributed by atoms with Gasteiger partial charge in [0.2, 0.25) is 11.9 Å². The molecule has 0 atom stereocenters. The van der Waals surface area contributed by atoms with E-state index in [1.807, 2.05) is 37.3 Å². The van der Waals surface area contributed by atoms with Crippen molar-refractivity contribution >= 4 is 35.0 Å². The SMILES string of the molecule is Cc1nc(N)n2c(SCC(=O)Nc3ccc(F)cc3)nnc2c1Cc1ccccc1. The van der Waals surface area contributed by atoms with Gasteiger partial charge in [0, 0.05) is 23.4 Å². The van der Waals surface area contributed by atoms with Gasteiger partial charge in [-0.1, -0.05) is 42.1 Å². The standard InChI is InChI=1S/C21H19FN6OS/c1-13-17(11-14-5-3-2-4-6-14)19-26-27-21(28(19)20(23)24-13)30-12-18(29)25-16-9-7-15(22)8-10-16/h2-10H,11-12H2,1H3,(H2,23,24)(H,25,29). The summed E-state index contributed by atoms with van der Waals surface area (Å²) < 4.78 is 14.7. The summed E-state index contributed by atoms with van der Waals surface area (Å²) >= 11 is 1.21. The number of halogens is 1. The van der Waals surface area contributed by atoms with E-state index in [0.717, 1.165) is 16.8 Å². The predicted molar refractivity (Wildman–Crippen MR) is 115 cm³/mol. The number of nitrogen functional groups attached to an aromatic ring is 1. The second kappa shape index (κ2) is 8.50. The molecule has 0 saturated carbocycles. The first-order valence-electron chi connectivity index (χ1n) is 9.23. The summed E-state index contributed by atoms with van der Waals surface area (Å²) in [5, 5.41) is 11.7. The van der Waals surface area contributed by atoms with Crippen molar-refractivity contribution in [3.63, 3.8) is 0 Å². The molecule has 0 aliphatic rings. The highest BCUT2D eigenvalue weighted by Crippen LogP contribution is 2.25. The second-order valence-corrected chi connectivity index (χ2v) is 7.62. The summed E-state index contributed by atoms with van der Waals surface area (Å²) in [5.74, 6) is -0.237. The number of nitrogens with one attached hydrogen (secondary N) is 1. The molecule has 2 heterocycles. The molecule has 1 amide bonds. The molecular formula is C21H19FN6OS. The normalized spacial score (nSPS) is 11.0. The molecule has 0 fully saturated rings. The number of nitrogens with two attached hydrogens (primary N) is 1. The number of aryl methyl sites for hydroxylation is 1. The second-order valence-electron chi connectivity index (χ2n) is 6.68. The average Bonchev–Trinajstić information content (AvgIpc) is 3.16. The van der Waals surface area contributed by atoms with Crippen molar-refractivity contribution in [1.82, 2.24) is 19.6 Å². The van der Waals surface area contributed by atoms with Crippen LogP contribution in [0.4, 0.5) is 16.0 Å². The van der Waals surface area contributed by atoms with E-state index >= 15 is 0 Å². The van der Waals surface area contributed by atoms with Crippen LogP contribution in [0.15, 0.2) is 59.8 Å². The fraction of sp³-hybridized carbons (Fsp3) is 0.143. The topological polar surface area (TPSA) is 98.2 Å². The van der Waals surface area contributed by atoms with Gasteiger partial charge in [0.25, 0.3) is 0 Å². The van der Waals surface area contributed by atoms with Gasteiger partial charge < -0.3 is 11.1 Å². The van der Waals surface area contributed by atoms with Crippen LogP contribution in [0.1, 0.15) is 16.8 Å². The van der Waals surface area contributed by atoms with Gasteiger partial charge in [-0.05, 0) is 36.8 Å². The third-order valence-electron chi connectivity index (χ3n) is 4.54. The van der Waals surface area contributed by atoms with E-state index in [0.29, 0.717) is 22.9 Å². The first-order chi connectivity index (χ1) is 14.5. The zero-order chi connectivity index (χ0) is 21.1. The van der Waals surface area contributed by atoms with Crippen LogP contribution >= 0.6 is 11.8 Å².